The molecular weight excluding hydrogens is 186 g/mol. The Kier molecular flexibility index (Phi) is 7.67. The van der Waals surface area contributed by atoms with Gasteiger partial charge in [0.2, 0.25) is 0 Å². The van der Waals surface area contributed by atoms with Crippen LogP contribution in [0.2, 0.25) is 0 Å². The molecular formula is C13H27NO. The van der Waals surface area contributed by atoms with E-state index in [-0.39, 0.29) is 5.78 Å². The Bertz CT molecular complexity index is 175. The highest BCUT2D eigenvalue weighted by atomic mass is 16.1. The van der Waals surface area contributed by atoms with E-state index in [9.17, 15) is 4.79 Å². The molecule has 0 aliphatic heterocycles. The monoisotopic (exact) mass is 213 g/mol. The highest BCUT2D eigenvalue weighted by Crippen LogP contribution is 2.13. The zero-order valence-electron chi connectivity index (χ0n) is 10.6. The maximum absolute atomic E-state index is 11.7. The molecule has 0 aromatic carbocycles. The quantitative estimate of drug-likeness (QED) is 0.596. The third-order valence-electron chi connectivity index (χ3n) is 3.13. The van der Waals surface area contributed by atoms with Crippen LogP contribution in [0.15, 0.2) is 0 Å². The van der Waals surface area contributed by atoms with E-state index in [2.05, 4.69) is 6.92 Å². The smallest absolute Gasteiger partial charge is 0.152 e. The number of nitrogens with two attached hydrogens (primary N) is 1. The van der Waals surface area contributed by atoms with Crippen LogP contribution in [0.5, 0.6) is 0 Å². The molecule has 1 unspecified atom stereocenters. The van der Waals surface area contributed by atoms with Gasteiger partial charge in [-0.15, -0.1) is 0 Å². The molecule has 90 valence electrons. The fourth-order valence-electron chi connectivity index (χ4n) is 1.55. The third kappa shape index (κ3) is 6.67. The molecule has 0 saturated heterocycles. The number of carbonyl (C=O) groups is 1. The van der Waals surface area contributed by atoms with E-state index >= 15 is 0 Å². The zero-order valence-corrected chi connectivity index (χ0v) is 10.6. The van der Waals surface area contributed by atoms with E-state index in [1.54, 1.807) is 0 Å². The van der Waals surface area contributed by atoms with Crippen LogP contribution in [0.1, 0.15) is 72.1 Å². The molecule has 0 saturated carbocycles. The van der Waals surface area contributed by atoms with Gasteiger partial charge >= 0.3 is 0 Å². The lowest BCUT2D eigenvalue weighted by atomic mass is 9.91. The molecule has 0 rings (SSSR count). The van der Waals surface area contributed by atoms with Gasteiger partial charge in [-0.1, -0.05) is 46.0 Å². The predicted molar refractivity (Wildman–Crippen MR) is 65.9 cm³/mol. The standard InChI is InChI=1S/C13H27NO/c1-4-6-7-8-9-10-11-12(15)13(3,14)5-2/h4-11,14H2,1-3H3. The fourth-order valence-corrected chi connectivity index (χ4v) is 1.55. The molecule has 0 amide bonds. The van der Waals surface area contributed by atoms with Crippen LogP contribution < -0.4 is 5.73 Å². The van der Waals surface area contributed by atoms with Crippen LogP contribution in [-0.4, -0.2) is 11.3 Å². The van der Waals surface area contributed by atoms with E-state index < -0.39 is 5.54 Å². The number of rotatable bonds is 9. The Morgan fingerprint density at radius 3 is 2.13 bits per heavy atom. The lowest BCUT2D eigenvalue weighted by Gasteiger charge is -2.20. The van der Waals surface area contributed by atoms with Gasteiger partial charge in [-0.3, -0.25) is 4.79 Å². The summed E-state index contributed by atoms with van der Waals surface area (Å²) in [5, 5.41) is 0. The molecule has 0 aromatic heterocycles. The van der Waals surface area contributed by atoms with Gasteiger partial charge in [0, 0.05) is 6.42 Å². The summed E-state index contributed by atoms with van der Waals surface area (Å²) in [5.41, 5.74) is 5.28. The molecule has 0 aliphatic rings. The van der Waals surface area contributed by atoms with Crippen LogP contribution in [0.4, 0.5) is 0 Å². The van der Waals surface area contributed by atoms with Gasteiger partial charge < -0.3 is 5.73 Å². The van der Waals surface area contributed by atoms with Crippen LogP contribution in [-0.2, 0) is 4.79 Å². The van der Waals surface area contributed by atoms with Gasteiger partial charge in [-0.25, -0.2) is 0 Å². The van der Waals surface area contributed by atoms with E-state index in [4.69, 9.17) is 5.73 Å². The second-order valence-corrected chi connectivity index (χ2v) is 4.71. The van der Waals surface area contributed by atoms with Crippen LogP contribution >= 0.6 is 0 Å². The minimum atomic E-state index is -0.594. The highest BCUT2D eigenvalue weighted by molar-refractivity contribution is 5.87. The molecule has 15 heavy (non-hydrogen) atoms. The van der Waals surface area contributed by atoms with E-state index in [1.165, 1.54) is 32.1 Å². The van der Waals surface area contributed by atoms with Crippen molar-refractivity contribution in [2.75, 3.05) is 0 Å². The first-order valence-electron chi connectivity index (χ1n) is 6.36. The van der Waals surface area contributed by atoms with Crippen molar-refractivity contribution >= 4 is 5.78 Å². The van der Waals surface area contributed by atoms with Crippen LogP contribution in [0, 0.1) is 0 Å². The van der Waals surface area contributed by atoms with Gasteiger partial charge in [0.15, 0.2) is 5.78 Å². The number of hydrogen-bond acceptors (Lipinski definition) is 2. The van der Waals surface area contributed by atoms with E-state index in [0.717, 1.165) is 12.8 Å². The van der Waals surface area contributed by atoms with Gasteiger partial charge in [-0.2, -0.15) is 0 Å². The molecule has 2 N–H and O–H groups in total. The maximum atomic E-state index is 11.7. The summed E-state index contributed by atoms with van der Waals surface area (Å²) >= 11 is 0. The number of hydrogen-bond donors (Lipinski definition) is 1. The average molecular weight is 213 g/mol. The van der Waals surface area contributed by atoms with Gasteiger partial charge in [0.05, 0.1) is 5.54 Å². The van der Waals surface area contributed by atoms with Crippen molar-refractivity contribution in [2.45, 2.75) is 77.7 Å². The molecule has 1 atom stereocenters. The second kappa shape index (κ2) is 7.86. The average Bonchev–Trinajstić information content (AvgIpc) is 2.22. The minimum absolute atomic E-state index is 0.223. The number of carbonyl (C=O) groups excluding carboxylic acids is 1. The Labute approximate surface area is 94.6 Å². The molecule has 0 aliphatic carbocycles. The van der Waals surface area contributed by atoms with E-state index in [1.807, 2.05) is 13.8 Å². The molecule has 0 radical (unpaired) electrons. The lowest BCUT2D eigenvalue weighted by molar-refractivity contribution is -0.123. The molecule has 2 nitrogen and oxygen atoms in total. The van der Waals surface area contributed by atoms with Crippen molar-refractivity contribution in [2.24, 2.45) is 5.73 Å². The molecule has 2 heteroatoms. The molecule has 0 heterocycles. The first-order chi connectivity index (χ1) is 7.04. The van der Waals surface area contributed by atoms with E-state index in [0.29, 0.717) is 6.42 Å². The topological polar surface area (TPSA) is 43.1 Å². The van der Waals surface area contributed by atoms with Crippen molar-refractivity contribution in [3.63, 3.8) is 0 Å². The Hall–Kier alpha value is -0.370. The minimum Gasteiger partial charge on any atom is -0.319 e. The first-order valence-corrected chi connectivity index (χ1v) is 6.36. The Balaban J connectivity index is 3.47. The summed E-state index contributed by atoms with van der Waals surface area (Å²) in [6.07, 6.45) is 8.73. The highest BCUT2D eigenvalue weighted by Gasteiger charge is 2.24. The normalized spacial score (nSPS) is 14.9. The van der Waals surface area contributed by atoms with Crippen molar-refractivity contribution in [1.82, 2.24) is 0 Å². The second-order valence-electron chi connectivity index (χ2n) is 4.71. The summed E-state index contributed by atoms with van der Waals surface area (Å²) in [6.45, 7) is 6.02. The third-order valence-corrected chi connectivity index (χ3v) is 3.13. The SMILES string of the molecule is CCCCCCCCC(=O)C(C)(N)CC. The van der Waals surface area contributed by atoms with Crippen molar-refractivity contribution in [1.29, 1.82) is 0 Å². The summed E-state index contributed by atoms with van der Waals surface area (Å²) in [5.74, 6) is 0.223. The van der Waals surface area contributed by atoms with Crippen LogP contribution in [0.3, 0.4) is 0 Å². The van der Waals surface area contributed by atoms with Gasteiger partial charge in [0.25, 0.3) is 0 Å². The largest absolute Gasteiger partial charge is 0.319 e. The van der Waals surface area contributed by atoms with Gasteiger partial charge in [0.1, 0.15) is 0 Å². The predicted octanol–water partition coefficient (Wildman–Crippen LogP) is 3.43. The maximum Gasteiger partial charge on any atom is 0.152 e. The fraction of sp³-hybridized carbons (Fsp3) is 0.923. The van der Waals surface area contributed by atoms with Crippen LogP contribution in [0.25, 0.3) is 0 Å². The molecule has 0 fully saturated rings. The summed E-state index contributed by atoms with van der Waals surface area (Å²) in [6, 6.07) is 0. The first kappa shape index (κ1) is 14.6. The Morgan fingerprint density at radius 2 is 1.60 bits per heavy atom. The zero-order chi connectivity index (χ0) is 11.7. The van der Waals surface area contributed by atoms with Crippen molar-refractivity contribution in [3.05, 3.63) is 0 Å². The number of Topliss-reactive ketones (excluding diaryl/α,β-unsaturated/α-hetero) is 1. The lowest BCUT2D eigenvalue weighted by Crippen LogP contribution is -2.44. The molecule has 0 bridgehead atoms. The summed E-state index contributed by atoms with van der Waals surface area (Å²) in [4.78, 5) is 11.7. The Morgan fingerprint density at radius 1 is 1.07 bits per heavy atom. The summed E-state index contributed by atoms with van der Waals surface area (Å²) in [7, 11) is 0. The molecule has 0 aromatic rings. The van der Waals surface area contributed by atoms with Crippen molar-refractivity contribution in [3.8, 4) is 0 Å². The van der Waals surface area contributed by atoms with Gasteiger partial charge in [-0.05, 0) is 19.8 Å². The number of unbranched alkanes of at least 4 members (excludes halogenated alkanes) is 5. The molecule has 0 spiro atoms. The number of ketones is 1. The summed E-state index contributed by atoms with van der Waals surface area (Å²) < 4.78 is 0. The van der Waals surface area contributed by atoms with Crippen molar-refractivity contribution < 1.29 is 4.79 Å².